The highest BCUT2D eigenvalue weighted by Crippen LogP contribution is 2.29. The van der Waals surface area contributed by atoms with Crippen molar-refractivity contribution in [1.29, 1.82) is 5.26 Å². The Balaban J connectivity index is 1.89. The molecule has 1 amide bonds. The fourth-order valence-electron chi connectivity index (χ4n) is 3.26. The third kappa shape index (κ3) is 4.79. The molecule has 0 fully saturated rings. The highest BCUT2D eigenvalue weighted by molar-refractivity contribution is 7.99. The topological polar surface area (TPSA) is 79.0 Å². The van der Waals surface area contributed by atoms with Gasteiger partial charge in [-0.1, -0.05) is 23.4 Å². The van der Waals surface area contributed by atoms with E-state index in [0.29, 0.717) is 32.6 Å². The van der Waals surface area contributed by atoms with E-state index >= 15 is 0 Å². The van der Waals surface area contributed by atoms with Crippen molar-refractivity contribution in [3.8, 4) is 6.07 Å². The lowest BCUT2D eigenvalue weighted by Crippen LogP contribution is -2.33. The number of carbonyl (C=O) groups is 1. The predicted octanol–water partition coefficient (Wildman–Crippen LogP) is 5.10. The van der Waals surface area contributed by atoms with Crippen LogP contribution in [0, 0.1) is 32.1 Å². The van der Waals surface area contributed by atoms with Gasteiger partial charge in [0.2, 0.25) is 5.91 Å². The number of nitrogens with zero attached hydrogens (tertiary/aromatic N) is 4. The Morgan fingerprint density at radius 2 is 2.10 bits per heavy atom. The van der Waals surface area contributed by atoms with E-state index in [1.165, 1.54) is 23.1 Å². The number of halogens is 1. The van der Waals surface area contributed by atoms with Crippen LogP contribution in [0.3, 0.4) is 0 Å². The van der Waals surface area contributed by atoms with Crippen molar-refractivity contribution >= 4 is 56.5 Å². The zero-order valence-electron chi connectivity index (χ0n) is 17.9. The third-order valence-electron chi connectivity index (χ3n) is 5.10. The van der Waals surface area contributed by atoms with Crippen LogP contribution in [0.25, 0.3) is 10.2 Å². The number of hydrogen-bond acceptors (Lipinski definition) is 6. The van der Waals surface area contributed by atoms with Gasteiger partial charge in [-0.25, -0.2) is 4.98 Å². The number of rotatable bonds is 7. The molecule has 2 aromatic heterocycles. The Bertz CT molecular complexity index is 1240. The minimum Gasteiger partial charge on any atom is -0.311 e. The van der Waals surface area contributed by atoms with E-state index in [2.05, 4.69) is 11.1 Å². The van der Waals surface area contributed by atoms with E-state index in [1.54, 1.807) is 21.6 Å². The third-order valence-corrected chi connectivity index (χ3v) is 7.58. The first kappa shape index (κ1) is 23.3. The van der Waals surface area contributed by atoms with Gasteiger partial charge in [-0.3, -0.25) is 14.2 Å². The Hall–Kier alpha value is -2.34. The first-order chi connectivity index (χ1) is 14.8. The van der Waals surface area contributed by atoms with Crippen LogP contribution in [-0.4, -0.2) is 27.8 Å². The monoisotopic (exact) mass is 474 g/mol. The molecular formula is C22H23ClN4O2S2. The molecule has 0 saturated heterocycles. The van der Waals surface area contributed by atoms with Gasteiger partial charge >= 0.3 is 0 Å². The van der Waals surface area contributed by atoms with Crippen molar-refractivity contribution in [2.75, 3.05) is 17.2 Å². The molecule has 1 aromatic carbocycles. The van der Waals surface area contributed by atoms with Crippen molar-refractivity contribution in [3.05, 3.63) is 49.6 Å². The summed E-state index contributed by atoms with van der Waals surface area (Å²) in [6.45, 7) is 8.45. The number of carbonyl (C=O) groups excluding carboxylic acids is 1. The Kier molecular flexibility index (Phi) is 7.42. The van der Waals surface area contributed by atoms with Crippen molar-refractivity contribution in [2.24, 2.45) is 0 Å². The molecule has 0 atom stereocenters. The first-order valence-corrected chi connectivity index (χ1v) is 12.0. The van der Waals surface area contributed by atoms with Gasteiger partial charge in [0, 0.05) is 28.7 Å². The number of amides is 1. The molecule has 31 heavy (non-hydrogen) atoms. The lowest BCUT2D eigenvalue weighted by molar-refractivity contribution is -0.116. The standard InChI is InChI=1S/C22H23ClN4O2S2/c1-5-26-21(29)19-14(3)15(4)31-20(19)25-22(26)30-12-18(28)27(10-6-9-24)16-7-8-17(23)13(2)11-16/h7-8,11H,5-6,10,12H2,1-4H3. The van der Waals surface area contributed by atoms with Gasteiger partial charge in [-0.05, 0) is 57.0 Å². The molecule has 0 aliphatic heterocycles. The van der Waals surface area contributed by atoms with Crippen LogP contribution < -0.4 is 10.5 Å². The fourth-order valence-corrected chi connectivity index (χ4v) is 5.39. The lowest BCUT2D eigenvalue weighted by Gasteiger charge is -2.22. The molecule has 0 aliphatic rings. The second-order valence-electron chi connectivity index (χ2n) is 7.08. The molecule has 0 aliphatic carbocycles. The molecule has 0 unspecified atom stereocenters. The molecule has 0 saturated carbocycles. The van der Waals surface area contributed by atoms with Crippen LogP contribution in [0.4, 0.5) is 5.69 Å². The fraction of sp³-hybridized carbons (Fsp3) is 0.364. The number of thioether (sulfide) groups is 1. The van der Waals surface area contributed by atoms with Crippen LogP contribution in [-0.2, 0) is 11.3 Å². The van der Waals surface area contributed by atoms with Crippen LogP contribution >= 0.6 is 34.7 Å². The number of aromatic nitrogens is 2. The summed E-state index contributed by atoms with van der Waals surface area (Å²) in [7, 11) is 0. The molecule has 0 spiro atoms. The van der Waals surface area contributed by atoms with E-state index < -0.39 is 0 Å². The van der Waals surface area contributed by atoms with E-state index in [0.717, 1.165) is 16.0 Å². The maximum Gasteiger partial charge on any atom is 0.263 e. The molecular weight excluding hydrogens is 452 g/mol. The van der Waals surface area contributed by atoms with Crippen molar-refractivity contribution in [1.82, 2.24) is 9.55 Å². The molecule has 0 N–H and O–H groups in total. The van der Waals surface area contributed by atoms with Gasteiger partial charge in [-0.15, -0.1) is 11.3 Å². The second kappa shape index (κ2) is 9.86. The van der Waals surface area contributed by atoms with Gasteiger partial charge in [0.25, 0.3) is 5.56 Å². The van der Waals surface area contributed by atoms with Crippen LogP contribution in [0.15, 0.2) is 28.2 Å². The summed E-state index contributed by atoms with van der Waals surface area (Å²) in [6, 6.07) is 7.46. The summed E-state index contributed by atoms with van der Waals surface area (Å²) in [5, 5.41) is 10.8. The summed E-state index contributed by atoms with van der Waals surface area (Å²) >= 11 is 8.86. The average molecular weight is 475 g/mol. The van der Waals surface area contributed by atoms with Gasteiger partial charge < -0.3 is 4.90 Å². The molecule has 6 nitrogen and oxygen atoms in total. The van der Waals surface area contributed by atoms with E-state index in [1.807, 2.05) is 33.8 Å². The zero-order chi connectivity index (χ0) is 22.7. The maximum absolute atomic E-state index is 13.1. The van der Waals surface area contributed by atoms with Crippen LogP contribution in [0.1, 0.15) is 29.3 Å². The van der Waals surface area contributed by atoms with Crippen molar-refractivity contribution in [3.63, 3.8) is 0 Å². The minimum absolute atomic E-state index is 0.0704. The van der Waals surface area contributed by atoms with Crippen LogP contribution in [0.2, 0.25) is 5.02 Å². The van der Waals surface area contributed by atoms with E-state index in [4.69, 9.17) is 16.9 Å². The Labute approximate surface area is 194 Å². The van der Waals surface area contributed by atoms with Crippen molar-refractivity contribution in [2.45, 2.75) is 45.8 Å². The van der Waals surface area contributed by atoms with E-state index in [9.17, 15) is 9.59 Å². The molecule has 0 radical (unpaired) electrons. The Morgan fingerprint density at radius 1 is 1.35 bits per heavy atom. The number of benzene rings is 1. The van der Waals surface area contributed by atoms with E-state index in [-0.39, 0.29) is 30.2 Å². The largest absolute Gasteiger partial charge is 0.311 e. The molecule has 3 aromatic rings. The van der Waals surface area contributed by atoms with Gasteiger partial charge in [0.1, 0.15) is 4.83 Å². The molecule has 9 heteroatoms. The SMILES string of the molecule is CCn1c(SCC(=O)N(CCC#N)c2ccc(Cl)c(C)c2)nc2sc(C)c(C)c2c1=O. The predicted molar refractivity (Wildman–Crippen MR) is 129 cm³/mol. The quantitative estimate of drug-likeness (QED) is 0.351. The number of aryl methyl sites for hydroxylation is 3. The molecule has 2 heterocycles. The van der Waals surface area contributed by atoms with Gasteiger partial charge in [-0.2, -0.15) is 5.26 Å². The molecule has 3 rings (SSSR count). The number of nitriles is 1. The normalized spacial score (nSPS) is 11.0. The highest BCUT2D eigenvalue weighted by atomic mass is 35.5. The number of anilines is 1. The smallest absolute Gasteiger partial charge is 0.263 e. The summed E-state index contributed by atoms with van der Waals surface area (Å²) in [5.74, 6) is -0.0495. The minimum atomic E-state index is -0.155. The number of fused-ring (bicyclic) bond motifs is 1. The summed E-state index contributed by atoms with van der Waals surface area (Å²) in [4.78, 5) is 34.1. The summed E-state index contributed by atoms with van der Waals surface area (Å²) in [5.41, 5.74) is 2.45. The molecule has 162 valence electrons. The number of thiophene rings is 1. The second-order valence-corrected chi connectivity index (χ2v) is 9.64. The first-order valence-electron chi connectivity index (χ1n) is 9.85. The highest BCUT2D eigenvalue weighted by Gasteiger charge is 2.20. The summed E-state index contributed by atoms with van der Waals surface area (Å²) in [6.07, 6.45) is 0.218. The van der Waals surface area contributed by atoms with Crippen LogP contribution in [0.5, 0.6) is 0 Å². The zero-order valence-corrected chi connectivity index (χ0v) is 20.2. The van der Waals surface area contributed by atoms with Gasteiger partial charge in [0.05, 0.1) is 23.6 Å². The maximum atomic E-state index is 13.1. The van der Waals surface area contributed by atoms with Gasteiger partial charge in [0.15, 0.2) is 5.16 Å². The lowest BCUT2D eigenvalue weighted by atomic mass is 10.2. The van der Waals surface area contributed by atoms with Crippen molar-refractivity contribution < 1.29 is 4.79 Å². The number of hydrogen-bond donors (Lipinski definition) is 0. The average Bonchev–Trinajstić information content (AvgIpc) is 3.03. The summed E-state index contributed by atoms with van der Waals surface area (Å²) < 4.78 is 1.62. The molecule has 0 bridgehead atoms. The Morgan fingerprint density at radius 3 is 2.74 bits per heavy atom.